The van der Waals surface area contributed by atoms with Gasteiger partial charge < -0.3 is 0 Å². The standard InChI is InChI=1S/C10H11ClF2N2O3S/c1-5(2)6-3-4-7(11)14-8(6)9(16)15-19(17,18)10(12)13/h3-5,10H,1-2H3,(H,15,16). The van der Waals surface area contributed by atoms with E-state index in [1.54, 1.807) is 13.8 Å². The molecule has 0 aromatic carbocycles. The fourth-order valence-electron chi connectivity index (χ4n) is 1.32. The van der Waals surface area contributed by atoms with Gasteiger partial charge in [0.1, 0.15) is 10.8 Å². The van der Waals surface area contributed by atoms with Crippen molar-refractivity contribution in [1.29, 1.82) is 0 Å². The van der Waals surface area contributed by atoms with Gasteiger partial charge in [-0.2, -0.15) is 8.78 Å². The minimum Gasteiger partial charge on any atom is -0.266 e. The van der Waals surface area contributed by atoms with Crippen molar-refractivity contribution in [2.75, 3.05) is 0 Å². The Morgan fingerprint density at radius 3 is 2.42 bits per heavy atom. The average molecular weight is 313 g/mol. The molecule has 0 unspecified atom stereocenters. The second kappa shape index (κ2) is 5.79. The number of pyridine rings is 1. The summed E-state index contributed by atoms with van der Waals surface area (Å²) in [6.07, 6.45) is 0. The van der Waals surface area contributed by atoms with Crippen molar-refractivity contribution in [1.82, 2.24) is 9.71 Å². The summed E-state index contributed by atoms with van der Waals surface area (Å²) in [6, 6.07) is 2.92. The number of nitrogens with zero attached hydrogens (tertiary/aromatic N) is 1. The zero-order valence-electron chi connectivity index (χ0n) is 10.0. The van der Waals surface area contributed by atoms with Gasteiger partial charge in [0.15, 0.2) is 0 Å². The van der Waals surface area contributed by atoms with Crippen molar-refractivity contribution in [2.45, 2.75) is 25.5 Å². The summed E-state index contributed by atoms with van der Waals surface area (Å²) in [5, 5.41) is -0.0380. The number of alkyl halides is 2. The lowest BCUT2D eigenvalue weighted by Gasteiger charge is -2.12. The molecule has 9 heteroatoms. The van der Waals surface area contributed by atoms with Gasteiger partial charge in [-0.15, -0.1) is 0 Å². The maximum Gasteiger partial charge on any atom is 0.355 e. The van der Waals surface area contributed by atoms with Crippen molar-refractivity contribution in [3.63, 3.8) is 0 Å². The molecule has 0 saturated carbocycles. The van der Waals surface area contributed by atoms with Crippen LogP contribution in [0.2, 0.25) is 5.15 Å². The molecule has 1 N–H and O–H groups in total. The van der Waals surface area contributed by atoms with Crippen molar-refractivity contribution < 1.29 is 22.0 Å². The van der Waals surface area contributed by atoms with Gasteiger partial charge in [-0.3, -0.25) is 4.79 Å². The highest BCUT2D eigenvalue weighted by molar-refractivity contribution is 7.90. The number of halogens is 3. The first-order chi connectivity index (χ1) is 8.65. The number of hydrogen-bond donors (Lipinski definition) is 1. The first-order valence-corrected chi connectivity index (χ1v) is 7.08. The van der Waals surface area contributed by atoms with Gasteiger partial charge in [0.05, 0.1) is 0 Å². The number of hydrogen-bond acceptors (Lipinski definition) is 4. The maximum atomic E-state index is 12.2. The molecule has 0 aliphatic carbocycles. The molecule has 0 bridgehead atoms. The van der Waals surface area contributed by atoms with Crippen LogP contribution < -0.4 is 4.72 Å². The van der Waals surface area contributed by atoms with Crippen LogP contribution >= 0.6 is 11.6 Å². The monoisotopic (exact) mass is 312 g/mol. The molecule has 1 aromatic heterocycles. The van der Waals surface area contributed by atoms with Gasteiger partial charge in [0.2, 0.25) is 0 Å². The van der Waals surface area contributed by atoms with Gasteiger partial charge in [0.25, 0.3) is 15.9 Å². The Labute approximate surface area is 114 Å². The van der Waals surface area contributed by atoms with Gasteiger partial charge in [-0.05, 0) is 17.5 Å². The van der Waals surface area contributed by atoms with Crippen molar-refractivity contribution >= 4 is 27.5 Å². The summed E-state index contributed by atoms with van der Waals surface area (Å²) in [5.41, 5.74) is 0.123. The molecule has 106 valence electrons. The van der Waals surface area contributed by atoms with Crippen LogP contribution in [0, 0.1) is 0 Å². The van der Waals surface area contributed by atoms with E-state index in [2.05, 4.69) is 4.98 Å². The number of rotatable bonds is 4. The number of aromatic nitrogens is 1. The number of carbonyl (C=O) groups excluding carboxylic acids is 1. The van der Waals surface area contributed by atoms with Crippen LogP contribution in [0.1, 0.15) is 35.8 Å². The smallest absolute Gasteiger partial charge is 0.266 e. The molecule has 0 saturated heterocycles. The quantitative estimate of drug-likeness (QED) is 0.864. The summed E-state index contributed by atoms with van der Waals surface area (Å²) >= 11 is 5.61. The zero-order chi connectivity index (χ0) is 14.8. The molecule has 1 aromatic rings. The van der Waals surface area contributed by atoms with Crippen molar-refractivity contribution in [3.8, 4) is 0 Å². The second-order valence-electron chi connectivity index (χ2n) is 3.96. The van der Waals surface area contributed by atoms with Crippen LogP contribution in [0.3, 0.4) is 0 Å². The molecule has 1 amide bonds. The van der Waals surface area contributed by atoms with Crippen molar-refractivity contribution in [2.24, 2.45) is 0 Å². The van der Waals surface area contributed by atoms with Crippen LogP contribution in [-0.4, -0.2) is 25.1 Å². The summed E-state index contributed by atoms with van der Waals surface area (Å²) in [6.45, 7) is 3.48. The van der Waals surface area contributed by atoms with E-state index in [0.717, 1.165) is 0 Å². The third-order valence-electron chi connectivity index (χ3n) is 2.20. The molecule has 0 fully saturated rings. The second-order valence-corrected chi connectivity index (χ2v) is 6.00. The Morgan fingerprint density at radius 2 is 1.95 bits per heavy atom. The van der Waals surface area contributed by atoms with Crippen molar-refractivity contribution in [3.05, 3.63) is 28.5 Å². The fraction of sp³-hybridized carbons (Fsp3) is 0.400. The normalized spacial score (nSPS) is 11.9. The third-order valence-corrected chi connectivity index (χ3v) is 3.35. The van der Waals surface area contributed by atoms with Crippen LogP contribution in [0.25, 0.3) is 0 Å². The highest BCUT2D eigenvalue weighted by Gasteiger charge is 2.28. The number of carbonyl (C=O) groups is 1. The predicted molar refractivity (Wildman–Crippen MR) is 65.7 cm³/mol. The Morgan fingerprint density at radius 1 is 1.37 bits per heavy atom. The zero-order valence-corrected chi connectivity index (χ0v) is 11.6. The largest absolute Gasteiger partial charge is 0.355 e. The van der Waals surface area contributed by atoms with Gasteiger partial charge in [0, 0.05) is 0 Å². The first kappa shape index (κ1) is 15.8. The topological polar surface area (TPSA) is 76.1 Å². The number of amides is 1. The minimum absolute atomic E-state index is 0.0380. The molecule has 0 spiro atoms. The molecule has 1 heterocycles. The molecule has 19 heavy (non-hydrogen) atoms. The molecule has 0 atom stereocenters. The lowest BCUT2D eigenvalue weighted by Crippen LogP contribution is -2.36. The molecule has 5 nitrogen and oxygen atoms in total. The van der Waals surface area contributed by atoms with E-state index in [1.165, 1.54) is 16.9 Å². The first-order valence-electron chi connectivity index (χ1n) is 5.15. The molecule has 0 radical (unpaired) electrons. The summed E-state index contributed by atoms with van der Waals surface area (Å²) < 4.78 is 47.5. The average Bonchev–Trinajstić information content (AvgIpc) is 2.27. The summed E-state index contributed by atoms with van der Waals surface area (Å²) in [5.74, 6) is -5.08. The lowest BCUT2D eigenvalue weighted by atomic mass is 10.0. The molecule has 1 rings (SSSR count). The van der Waals surface area contributed by atoms with E-state index in [4.69, 9.17) is 11.6 Å². The van der Waals surface area contributed by atoms with Gasteiger partial charge in [-0.25, -0.2) is 18.1 Å². The number of nitrogens with one attached hydrogen (secondary N) is 1. The minimum atomic E-state index is -5.02. The Kier molecular flexibility index (Phi) is 4.81. The third kappa shape index (κ3) is 3.84. The van der Waals surface area contributed by atoms with E-state index in [-0.39, 0.29) is 16.8 Å². The van der Waals surface area contributed by atoms with E-state index in [9.17, 15) is 22.0 Å². The van der Waals surface area contributed by atoms with Crippen LogP contribution in [0.5, 0.6) is 0 Å². The molecular weight excluding hydrogens is 302 g/mol. The van der Waals surface area contributed by atoms with Gasteiger partial charge in [-0.1, -0.05) is 31.5 Å². The van der Waals surface area contributed by atoms with Crippen LogP contribution in [-0.2, 0) is 10.0 Å². The Hall–Kier alpha value is -1.28. The maximum absolute atomic E-state index is 12.2. The highest BCUT2D eigenvalue weighted by atomic mass is 35.5. The lowest BCUT2D eigenvalue weighted by molar-refractivity contribution is 0.0970. The summed E-state index contributed by atoms with van der Waals surface area (Å²) in [7, 11) is -5.02. The Balaban J connectivity index is 3.16. The van der Waals surface area contributed by atoms with E-state index >= 15 is 0 Å². The molecular formula is C10H11ClF2N2O3S. The SMILES string of the molecule is CC(C)c1ccc(Cl)nc1C(=O)NS(=O)(=O)C(F)F. The molecule has 0 aliphatic rings. The highest BCUT2D eigenvalue weighted by Crippen LogP contribution is 2.20. The number of sulfonamides is 1. The van der Waals surface area contributed by atoms with Crippen LogP contribution in [0.4, 0.5) is 8.78 Å². The van der Waals surface area contributed by atoms with E-state index in [1.807, 2.05) is 0 Å². The summed E-state index contributed by atoms with van der Waals surface area (Å²) in [4.78, 5) is 15.4. The van der Waals surface area contributed by atoms with Crippen LogP contribution in [0.15, 0.2) is 12.1 Å². The van der Waals surface area contributed by atoms with Gasteiger partial charge >= 0.3 is 5.76 Å². The predicted octanol–water partition coefficient (Wildman–Crippen LogP) is 2.14. The Bertz CT molecular complexity index is 590. The molecule has 0 aliphatic heterocycles. The fourth-order valence-corrected chi connectivity index (χ4v) is 1.91. The van der Waals surface area contributed by atoms with E-state index < -0.39 is 21.7 Å². The van der Waals surface area contributed by atoms with E-state index in [0.29, 0.717) is 5.56 Å².